The second kappa shape index (κ2) is 4.74. The van der Waals surface area contributed by atoms with Gasteiger partial charge in [0.05, 0.1) is 6.67 Å². The van der Waals surface area contributed by atoms with Crippen LogP contribution in [0.25, 0.3) is 6.08 Å². The number of rotatable bonds is 3. The van der Waals surface area contributed by atoms with E-state index in [0.29, 0.717) is 0 Å². The number of alkyl halides is 1. The quantitative estimate of drug-likeness (QED) is 0.742. The summed E-state index contributed by atoms with van der Waals surface area (Å²) < 4.78 is 13.5. The Balaban J connectivity index is 3.19. The second-order valence-electron chi connectivity index (χ2n) is 2.80. The molecule has 0 heterocycles. The lowest BCUT2D eigenvalue weighted by molar-refractivity contribution is 0.465. The van der Waals surface area contributed by atoms with Crippen molar-refractivity contribution in [1.29, 1.82) is 0 Å². The summed E-state index contributed by atoms with van der Waals surface area (Å²) >= 11 is 2.21. The van der Waals surface area contributed by atoms with Gasteiger partial charge in [0, 0.05) is 9.49 Å². The van der Waals surface area contributed by atoms with Crippen molar-refractivity contribution in [3.63, 3.8) is 0 Å². The minimum absolute atomic E-state index is 0.289. The van der Waals surface area contributed by atoms with E-state index in [-0.39, 0.29) is 5.92 Å². The van der Waals surface area contributed by atoms with Gasteiger partial charge in [-0.15, -0.1) is 0 Å². The van der Waals surface area contributed by atoms with E-state index >= 15 is 0 Å². The van der Waals surface area contributed by atoms with Crippen LogP contribution in [-0.2, 0) is 0 Å². The minimum Gasteiger partial charge on any atom is -0.250 e. The molecule has 0 fully saturated rings. The molecule has 0 amide bonds. The first kappa shape index (κ1) is 10.7. The van der Waals surface area contributed by atoms with Crippen molar-refractivity contribution < 1.29 is 4.39 Å². The smallest absolute Gasteiger partial charge is 0.0963 e. The molecule has 69 valence electrons. The van der Waals surface area contributed by atoms with Crippen molar-refractivity contribution in [1.82, 2.24) is 0 Å². The van der Waals surface area contributed by atoms with E-state index in [4.69, 9.17) is 0 Å². The molecule has 0 saturated carbocycles. The Morgan fingerprint density at radius 2 is 2.23 bits per heavy atom. The molecule has 1 aromatic rings. The number of hydrogen-bond donors (Lipinski definition) is 0. The van der Waals surface area contributed by atoms with E-state index in [2.05, 4.69) is 36.1 Å². The summed E-state index contributed by atoms with van der Waals surface area (Å²) in [5.41, 5.74) is 1.94. The number of benzene rings is 1. The van der Waals surface area contributed by atoms with E-state index in [0.717, 1.165) is 14.7 Å². The monoisotopic (exact) mass is 289 g/mol. The fourth-order valence-corrected chi connectivity index (χ4v) is 1.95. The van der Waals surface area contributed by atoms with E-state index in [1.54, 1.807) is 6.08 Å². The number of hydrogen-bond acceptors (Lipinski definition) is 0. The van der Waals surface area contributed by atoms with Crippen molar-refractivity contribution >= 4 is 28.7 Å². The van der Waals surface area contributed by atoms with Crippen LogP contribution < -0.4 is 0 Å². The molecule has 1 radical (unpaired) electrons. The van der Waals surface area contributed by atoms with Crippen LogP contribution in [0.2, 0.25) is 0 Å². The maximum atomic E-state index is 12.4. The largest absolute Gasteiger partial charge is 0.250 e. The maximum absolute atomic E-state index is 12.4. The van der Waals surface area contributed by atoms with Gasteiger partial charge in [0.25, 0.3) is 0 Å². The maximum Gasteiger partial charge on any atom is 0.0963 e. The Labute approximate surface area is 92.0 Å². The number of halogens is 2. The van der Waals surface area contributed by atoms with Crippen LogP contribution in [0, 0.1) is 10.5 Å². The first-order chi connectivity index (χ1) is 6.20. The summed E-state index contributed by atoms with van der Waals surface area (Å²) in [6, 6.07) is 5.79. The van der Waals surface area contributed by atoms with E-state index in [9.17, 15) is 4.39 Å². The molecule has 0 bridgehead atoms. The van der Waals surface area contributed by atoms with Gasteiger partial charge < -0.3 is 0 Å². The highest BCUT2D eigenvalue weighted by Crippen LogP contribution is 2.25. The summed E-state index contributed by atoms with van der Waals surface area (Å²) in [5.74, 6) is -0.289. The van der Waals surface area contributed by atoms with E-state index in [1.165, 1.54) is 0 Å². The normalized spacial score (nSPS) is 12.5. The molecule has 1 rings (SSSR count). The van der Waals surface area contributed by atoms with Crippen LogP contribution in [0.15, 0.2) is 24.8 Å². The Hall–Kier alpha value is -0.380. The lowest BCUT2D eigenvalue weighted by atomic mass is 9.97. The Morgan fingerprint density at radius 3 is 2.77 bits per heavy atom. The summed E-state index contributed by atoms with van der Waals surface area (Å²) in [6.07, 6.45) is 1.75. The van der Waals surface area contributed by atoms with Gasteiger partial charge in [0.15, 0.2) is 0 Å². The Bertz CT molecular complexity index is 307. The third kappa shape index (κ3) is 2.30. The highest BCUT2D eigenvalue weighted by Gasteiger charge is 2.10. The topological polar surface area (TPSA) is 0 Å². The molecule has 0 aliphatic rings. The van der Waals surface area contributed by atoms with Crippen molar-refractivity contribution in [3.8, 4) is 0 Å². The highest BCUT2D eigenvalue weighted by atomic mass is 127. The molecule has 0 aliphatic carbocycles. The predicted molar refractivity (Wildman–Crippen MR) is 63.3 cm³/mol. The van der Waals surface area contributed by atoms with Crippen LogP contribution in [0.5, 0.6) is 0 Å². The standard InChI is InChI=1S/C11H11FI/c1-3-9-10(8(2)7-12)5-4-6-11(9)13/h3-6,8H,1-2,7H2. The van der Waals surface area contributed by atoms with Crippen molar-refractivity contribution in [3.05, 3.63) is 46.4 Å². The van der Waals surface area contributed by atoms with Gasteiger partial charge in [-0.2, -0.15) is 0 Å². The SMILES string of the molecule is [CH2]C(CF)c1cccc(I)c1C=C. The van der Waals surface area contributed by atoms with Crippen LogP contribution in [0.1, 0.15) is 17.0 Å². The summed E-state index contributed by atoms with van der Waals surface area (Å²) in [5, 5.41) is 0. The zero-order chi connectivity index (χ0) is 9.84. The molecule has 0 N–H and O–H groups in total. The second-order valence-corrected chi connectivity index (χ2v) is 3.96. The van der Waals surface area contributed by atoms with Crippen LogP contribution >= 0.6 is 22.6 Å². The van der Waals surface area contributed by atoms with Crippen LogP contribution in [-0.4, -0.2) is 6.67 Å². The molecule has 0 aliphatic heterocycles. The van der Waals surface area contributed by atoms with Crippen molar-refractivity contribution in [2.75, 3.05) is 6.67 Å². The van der Waals surface area contributed by atoms with Crippen LogP contribution in [0.3, 0.4) is 0 Å². The average Bonchev–Trinajstić information content (AvgIpc) is 2.16. The van der Waals surface area contributed by atoms with Crippen LogP contribution in [0.4, 0.5) is 4.39 Å². The third-order valence-electron chi connectivity index (χ3n) is 1.92. The molecule has 0 saturated heterocycles. The lowest BCUT2D eigenvalue weighted by Gasteiger charge is -2.12. The molecule has 0 nitrogen and oxygen atoms in total. The van der Waals surface area contributed by atoms with Gasteiger partial charge in [0.1, 0.15) is 0 Å². The molecular weight excluding hydrogens is 278 g/mol. The molecule has 2 heteroatoms. The lowest BCUT2D eigenvalue weighted by Crippen LogP contribution is -1.99. The Kier molecular flexibility index (Phi) is 3.90. The van der Waals surface area contributed by atoms with Crippen molar-refractivity contribution in [2.45, 2.75) is 5.92 Å². The molecule has 0 aromatic heterocycles. The highest BCUT2D eigenvalue weighted by molar-refractivity contribution is 14.1. The van der Waals surface area contributed by atoms with E-state index < -0.39 is 6.67 Å². The first-order valence-corrected chi connectivity index (χ1v) is 5.08. The Morgan fingerprint density at radius 1 is 1.54 bits per heavy atom. The van der Waals surface area contributed by atoms with Gasteiger partial charge in [0.2, 0.25) is 0 Å². The third-order valence-corrected chi connectivity index (χ3v) is 2.86. The minimum atomic E-state index is -0.430. The van der Waals surface area contributed by atoms with Gasteiger partial charge in [-0.25, -0.2) is 0 Å². The summed E-state index contributed by atoms with van der Waals surface area (Å²) in [6.45, 7) is 7.03. The average molecular weight is 289 g/mol. The molecule has 0 spiro atoms. The van der Waals surface area contributed by atoms with Gasteiger partial charge in [-0.05, 0) is 46.7 Å². The molecule has 1 unspecified atom stereocenters. The molecule has 1 atom stereocenters. The van der Waals surface area contributed by atoms with Gasteiger partial charge >= 0.3 is 0 Å². The molecule has 13 heavy (non-hydrogen) atoms. The zero-order valence-electron chi connectivity index (χ0n) is 7.26. The fraction of sp³-hybridized carbons (Fsp3) is 0.182. The van der Waals surface area contributed by atoms with Gasteiger partial charge in [-0.1, -0.05) is 24.8 Å². The predicted octanol–water partition coefficient (Wildman–Crippen LogP) is 3.82. The van der Waals surface area contributed by atoms with Gasteiger partial charge in [-0.3, -0.25) is 4.39 Å². The first-order valence-electron chi connectivity index (χ1n) is 4.00. The van der Waals surface area contributed by atoms with E-state index in [1.807, 2.05) is 18.2 Å². The zero-order valence-corrected chi connectivity index (χ0v) is 9.42. The molecule has 1 aromatic carbocycles. The summed E-state index contributed by atoms with van der Waals surface area (Å²) in [7, 11) is 0. The molecular formula is C11H11FI. The van der Waals surface area contributed by atoms with Crippen molar-refractivity contribution in [2.24, 2.45) is 0 Å². The fourth-order valence-electron chi connectivity index (χ4n) is 1.21. The summed E-state index contributed by atoms with van der Waals surface area (Å²) in [4.78, 5) is 0.